The first kappa shape index (κ1) is 12.0. The van der Waals surface area contributed by atoms with E-state index < -0.39 is 0 Å². The van der Waals surface area contributed by atoms with Gasteiger partial charge >= 0.3 is 0 Å². The van der Waals surface area contributed by atoms with E-state index in [4.69, 9.17) is 0 Å². The molecule has 0 saturated carbocycles. The summed E-state index contributed by atoms with van der Waals surface area (Å²) in [6, 6.07) is 6.23. The Hall–Kier alpha value is -1.42. The van der Waals surface area contributed by atoms with E-state index in [0.29, 0.717) is 0 Å². The molecule has 1 heterocycles. The number of hydrogen-bond donors (Lipinski definition) is 1. The van der Waals surface area contributed by atoms with Crippen LogP contribution in [0.15, 0.2) is 24.3 Å². The van der Waals surface area contributed by atoms with E-state index in [-0.39, 0.29) is 23.9 Å². The molecule has 0 aliphatic carbocycles. The van der Waals surface area contributed by atoms with E-state index >= 15 is 0 Å². The first-order chi connectivity index (χ1) is 8.13. The molecule has 4 heteroatoms. The average Bonchev–Trinajstić information content (AvgIpc) is 2.58. The second kappa shape index (κ2) is 4.84. The van der Waals surface area contributed by atoms with E-state index in [1.165, 1.54) is 12.1 Å². The van der Waals surface area contributed by atoms with Crippen molar-refractivity contribution in [2.24, 2.45) is 0 Å². The Bertz CT molecular complexity index is 422. The summed E-state index contributed by atoms with van der Waals surface area (Å²) >= 11 is 0. The van der Waals surface area contributed by atoms with Crippen molar-refractivity contribution >= 4 is 5.91 Å². The molecular weight excluding hydrogens is 219 g/mol. The van der Waals surface area contributed by atoms with Gasteiger partial charge in [-0.15, -0.1) is 0 Å². The van der Waals surface area contributed by atoms with Crippen LogP contribution < -0.4 is 5.32 Å². The largest absolute Gasteiger partial charge is 0.325 e. The molecule has 0 aromatic heterocycles. The fraction of sp³-hybridized carbons (Fsp3) is 0.462. The quantitative estimate of drug-likeness (QED) is 0.871. The highest BCUT2D eigenvalue weighted by atomic mass is 19.1. The number of nitrogens with zero attached hydrogens (tertiary/aromatic N) is 1. The molecule has 1 saturated heterocycles. The highest BCUT2D eigenvalue weighted by molar-refractivity contribution is 5.84. The van der Waals surface area contributed by atoms with Crippen LogP contribution in [-0.2, 0) is 4.79 Å². The van der Waals surface area contributed by atoms with Gasteiger partial charge in [0.1, 0.15) is 12.0 Å². The van der Waals surface area contributed by atoms with Gasteiger partial charge in [0.25, 0.3) is 0 Å². The van der Waals surface area contributed by atoms with E-state index in [2.05, 4.69) is 5.32 Å². The van der Waals surface area contributed by atoms with Gasteiger partial charge in [-0.05, 0) is 24.1 Å². The normalized spacial score (nSPS) is 24.4. The highest BCUT2D eigenvalue weighted by Gasteiger charge is 2.36. The lowest BCUT2D eigenvalue weighted by Gasteiger charge is -2.19. The lowest BCUT2D eigenvalue weighted by Crippen LogP contribution is -2.28. The number of benzene rings is 1. The Morgan fingerprint density at radius 2 is 2.24 bits per heavy atom. The summed E-state index contributed by atoms with van der Waals surface area (Å²) in [5.74, 6) is -0.190. The molecule has 1 aliphatic rings. The Balaban J connectivity index is 2.20. The molecule has 0 radical (unpaired) electrons. The number of likely N-dealkylation sites (N-methyl/N-ethyl adjacent to an activating group) is 1. The van der Waals surface area contributed by atoms with Gasteiger partial charge in [-0.3, -0.25) is 10.1 Å². The molecule has 2 rings (SSSR count). The van der Waals surface area contributed by atoms with Crippen LogP contribution in [0.4, 0.5) is 4.39 Å². The summed E-state index contributed by atoms with van der Waals surface area (Å²) in [4.78, 5) is 13.6. The number of amides is 1. The minimum Gasteiger partial charge on any atom is -0.325 e. The van der Waals surface area contributed by atoms with Crippen LogP contribution in [0.1, 0.15) is 31.5 Å². The maximum Gasteiger partial charge on any atom is 0.241 e. The molecule has 1 aromatic rings. The Morgan fingerprint density at radius 1 is 1.47 bits per heavy atom. The number of hydrogen-bond acceptors (Lipinski definition) is 2. The van der Waals surface area contributed by atoms with Gasteiger partial charge in [-0.25, -0.2) is 4.39 Å². The zero-order valence-corrected chi connectivity index (χ0v) is 10.1. The standard InChI is InChI=1S/C13H17FN2O/c1-3-5-11-13(17)16(2)12(15-11)9-6-4-7-10(14)8-9/h4,6-8,11-12,15H,3,5H2,1-2H3. The maximum absolute atomic E-state index is 13.2. The molecule has 17 heavy (non-hydrogen) atoms. The number of carbonyl (C=O) groups excluding carboxylic acids is 1. The summed E-state index contributed by atoms with van der Waals surface area (Å²) in [5.41, 5.74) is 0.791. The van der Waals surface area contributed by atoms with Crippen molar-refractivity contribution in [3.63, 3.8) is 0 Å². The van der Waals surface area contributed by atoms with Crippen molar-refractivity contribution in [1.29, 1.82) is 0 Å². The summed E-state index contributed by atoms with van der Waals surface area (Å²) in [5, 5.41) is 3.24. The summed E-state index contributed by atoms with van der Waals surface area (Å²) in [6.07, 6.45) is 1.55. The molecule has 92 valence electrons. The molecular formula is C13H17FN2O. The van der Waals surface area contributed by atoms with Gasteiger partial charge in [0.2, 0.25) is 5.91 Å². The molecule has 1 fully saturated rings. The second-order valence-corrected chi connectivity index (χ2v) is 4.41. The SMILES string of the molecule is CCCC1NC(c2cccc(F)c2)N(C)C1=O. The third-order valence-corrected chi connectivity index (χ3v) is 3.13. The van der Waals surface area contributed by atoms with E-state index in [9.17, 15) is 9.18 Å². The molecule has 1 amide bonds. The van der Waals surface area contributed by atoms with Crippen molar-refractivity contribution in [3.05, 3.63) is 35.6 Å². The molecule has 1 N–H and O–H groups in total. The number of nitrogens with one attached hydrogen (secondary N) is 1. The van der Waals surface area contributed by atoms with Crippen molar-refractivity contribution in [2.45, 2.75) is 32.0 Å². The number of halogens is 1. The summed E-state index contributed by atoms with van der Waals surface area (Å²) in [6.45, 7) is 2.05. The highest BCUT2D eigenvalue weighted by Crippen LogP contribution is 2.25. The van der Waals surface area contributed by atoms with Crippen LogP contribution in [-0.4, -0.2) is 23.9 Å². The van der Waals surface area contributed by atoms with Gasteiger partial charge < -0.3 is 4.90 Å². The van der Waals surface area contributed by atoms with Crippen LogP contribution in [0.25, 0.3) is 0 Å². The van der Waals surface area contributed by atoms with Crippen LogP contribution in [0.3, 0.4) is 0 Å². The smallest absolute Gasteiger partial charge is 0.241 e. The monoisotopic (exact) mass is 236 g/mol. The Kier molecular flexibility index (Phi) is 3.43. The Morgan fingerprint density at radius 3 is 2.88 bits per heavy atom. The Labute approximate surface area is 101 Å². The van der Waals surface area contributed by atoms with Crippen molar-refractivity contribution in [1.82, 2.24) is 10.2 Å². The van der Waals surface area contributed by atoms with Crippen LogP contribution in [0.2, 0.25) is 0 Å². The van der Waals surface area contributed by atoms with E-state index in [0.717, 1.165) is 18.4 Å². The third kappa shape index (κ3) is 2.31. The van der Waals surface area contributed by atoms with Crippen molar-refractivity contribution in [2.75, 3.05) is 7.05 Å². The zero-order chi connectivity index (χ0) is 12.4. The van der Waals surface area contributed by atoms with Crippen LogP contribution in [0, 0.1) is 5.82 Å². The molecule has 0 spiro atoms. The number of carbonyl (C=O) groups is 1. The molecule has 1 aromatic carbocycles. The molecule has 2 unspecified atom stereocenters. The first-order valence-electron chi connectivity index (χ1n) is 5.91. The predicted molar refractivity (Wildman–Crippen MR) is 63.7 cm³/mol. The van der Waals surface area contributed by atoms with Crippen molar-refractivity contribution in [3.8, 4) is 0 Å². The fourth-order valence-electron chi connectivity index (χ4n) is 2.24. The van der Waals surface area contributed by atoms with E-state index in [1.54, 1.807) is 18.0 Å². The summed E-state index contributed by atoms with van der Waals surface area (Å²) in [7, 11) is 1.75. The minimum absolute atomic E-state index is 0.0844. The van der Waals surface area contributed by atoms with E-state index in [1.807, 2.05) is 13.0 Å². The van der Waals surface area contributed by atoms with Gasteiger partial charge in [-0.2, -0.15) is 0 Å². The van der Waals surface area contributed by atoms with Gasteiger partial charge in [-0.1, -0.05) is 25.5 Å². The number of rotatable bonds is 3. The van der Waals surface area contributed by atoms with Crippen LogP contribution >= 0.6 is 0 Å². The molecule has 3 nitrogen and oxygen atoms in total. The summed E-state index contributed by atoms with van der Waals surface area (Å²) < 4.78 is 13.2. The van der Waals surface area contributed by atoms with Crippen molar-refractivity contribution < 1.29 is 9.18 Å². The molecule has 2 atom stereocenters. The third-order valence-electron chi connectivity index (χ3n) is 3.13. The van der Waals surface area contributed by atoms with Gasteiger partial charge in [0.05, 0.1) is 6.04 Å². The lowest BCUT2D eigenvalue weighted by atomic mass is 10.1. The molecule has 1 aliphatic heterocycles. The topological polar surface area (TPSA) is 32.3 Å². The maximum atomic E-state index is 13.2. The zero-order valence-electron chi connectivity index (χ0n) is 10.1. The second-order valence-electron chi connectivity index (χ2n) is 4.41. The van der Waals surface area contributed by atoms with Crippen LogP contribution in [0.5, 0.6) is 0 Å². The average molecular weight is 236 g/mol. The minimum atomic E-state index is -0.274. The fourth-order valence-corrected chi connectivity index (χ4v) is 2.24. The van der Waals surface area contributed by atoms with Gasteiger partial charge in [0.15, 0.2) is 0 Å². The predicted octanol–water partition coefficient (Wildman–Crippen LogP) is 2.05. The molecule has 0 bridgehead atoms. The lowest BCUT2D eigenvalue weighted by molar-refractivity contribution is -0.128. The van der Waals surface area contributed by atoms with Gasteiger partial charge in [0, 0.05) is 7.05 Å². The first-order valence-corrected chi connectivity index (χ1v) is 5.91.